The molecule has 1 aliphatic rings. The van der Waals surface area contributed by atoms with Crippen LogP contribution in [0.25, 0.3) is 0 Å². The molecule has 0 bridgehead atoms. The summed E-state index contributed by atoms with van der Waals surface area (Å²) in [5.41, 5.74) is 0.982. The minimum Gasteiger partial charge on any atom is -0.469 e. The largest absolute Gasteiger partial charge is 0.469 e. The van der Waals surface area contributed by atoms with E-state index in [1.165, 1.54) is 6.07 Å². The molecule has 0 radical (unpaired) electrons. The molecule has 0 saturated carbocycles. The van der Waals surface area contributed by atoms with E-state index in [2.05, 4.69) is 4.74 Å². The summed E-state index contributed by atoms with van der Waals surface area (Å²) in [6.07, 6.45) is -0.250. The van der Waals surface area contributed by atoms with Gasteiger partial charge in [-0.25, -0.2) is 0 Å². The minimum atomic E-state index is -0.720. The molecule has 2 rings (SSSR count). The van der Waals surface area contributed by atoms with Crippen LogP contribution in [0.2, 0.25) is 0 Å². The number of methoxy groups -OCH3 is 1. The Morgan fingerprint density at radius 2 is 1.95 bits per heavy atom. The van der Waals surface area contributed by atoms with Gasteiger partial charge in [-0.3, -0.25) is 24.1 Å². The van der Waals surface area contributed by atoms with Gasteiger partial charge in [0.25, 0.3) is 11.8 Å². The summed E-state index contributed by atoms with van der Waals surface area (Å²) in [4.78, 5) is 48.2. The fraction of sp³-hybridized carbons (Fsp3) is 0.333. The zero-order valence-corrected chi connectivity index (χ0v) is 12.0. The van der Waals surface area contributed by atoms with Crippen LogP contribution in [-0.2, 0) is 20.7 Å². The van der Waals surface area contributed by atoms with E-state index in [0.29, 0.717) is 5.56 Å². The molecular formula is C15H15NO6. The molecule has 0 spiro atoms. The number of fused-ring (bicyclic) bond motifs is 1. The number of imide groups is 1. The summed E-state index contributed by atoms with van der Waals surface area (Å²) in [7, 11) is 1.15. The van der Waals surface area contributed by atoms with Gasteiger partial charge in [0.05, 0.1) is 24.8 Å². The molecule has 0 aliphatic carbocycles. The van der Waals surface area contributed by atoms with Gasteiger partial charge < -0.3 is 9.84 Å². The maximum Gasteiger partial charge on any atom is 0.313 e. The highest BCUT2D eigenvalue weighted by Gasteiger charge is 2.38. The van der Waals surface area contributed by atoms with Gasteiger partial charge in [-0.1, -0.05) is 12.1 Å². The molecule has 1 aliphatic heterocycles. The number of aliphatic hydroxyl groups is 1. The first-order valence-corrected chi connectivity index (χ1v) is 6.67. The van der Waals surface area contributed by atoms with Crippen LogP contribution in [0, 0.1) is 0 Å². The van der Waals surface area contributed by atoms with E-state index in [1.54, 1.807) is 12.1 Å². The second-order valence-electron chi connectivity index (χ2n) is 4.80. The summed E-state index contributed by atoms with van der Waals surface area (Å²) in [5.74, 6) is -2.45. The average Bonchev–Trinajstić information content (AvgIpc) is 2.73. The molecule has 1 N–H and O–H groups in total. The summed E-state index contributed by atoms with van der Waals surface area (Å²) in [5, 5.41) is 9.03. The van der Waals surface area contributed by atoms with Gasteiger partial charge in [0.1, 0.15) is 6.42 Å². The Bertz CT molecular complexity index is 651. The van der Waals surface area contributed by atoms with Crippen molar-refractivity contribution in [1.82, 2.24) is 4.90 Å². The van der Waals surface area contributed by atoms with Gasteiger partial charge >= 0.3 is 5.97 Å². The summed E-state index contributed by atoms with van der Waals surface area (Å²) in [6, 6.07) is 4.77. The highest BCUT2D eigenvalue weighted by atomic mass is 16.5. The molecule has 1 heterocycles. The monoisotopic (exact) mass is 305 g/mol. The number of carbonyl (C=O) groups is 4. The molecule has 7 nitrogen and oxygen atoms in total. The summed E-state index contributed by atoms with van der Waals surface area (Å²) in [6.45, 7) is -0.626. The standard InChI is InChI=1S/C15H15NO6/c1-22-12(19)7-10(18)8-16-14(20)11-4-2-3-9(5-6-17)13(11)15(16)21/h2-4,17H,5-8H2,1H3. The van der Waals surface area contributed by atoms with Crippen molar-refractivity contribution >= 4 is 23.6 Å². The van der Waals surface area contributed by atoms with Crippen LogP contribution < -0.4 is 0 Å². The van der Waals surface area contributed by atoms with E-state index in [-0.39, 0.29) is 24.2 Å². The Morgan fingerprint density at radius 3 is 2.59 bits per heavy atom. The number of hydrogen-bond donors (Lipinski definition) is 1. The lowest BCUT2D eigenvalue weighted by molar-refractivity contribution is -0.143. The van der Waals surface area contributed by atoms with Crippen molar-refractivity contribution in [2.45, 2.75) is 12.8 Å². The maximum absolute atomic E-state index is 12.3. The lowest BCUT2D eigenvalue weighted by atomic mass is 10.0. The number of nitrogens with zero attached hydrogens (tertiary/aromatic N) is 1. The molecule has 0 atom stereocenters. The Morgan fingerprint density at radius 1 is 1.23 bits per heavy atom. The molecular weight excluding hydrogens is 290 g/mol. The van der Waals surface area contributed by atoms with Crippen LogP contribution in [0.1, 0.15) is 32.7 Å². The molecule has 0 aromatic heterocycles. The second-order valence-corrected chi connectivity index (χ2v) is 4.80. The fourth-order valence-electron chi connectivity index (χ4n) is 2.34. The van der Waals surface area contributed by atoms with Crippen LogP contribution in [0.4, 0.5) is 0 Å². The molecule has 0 saturated heterocycles. The fourth-order valence-corrected chi connectivity index (χ4v) is 2.34. The third kappa shape index (κ3) is 2.89. The van der Waals surface area contributed by atoms with Gasteiger partial charge in [0.2, 0.25) is 0 Å². The van der Waals surface area contributed by atoms with Crippen molar-refractivity contribution in [3.8, 4) is 0 Å². The zero-order chi connectivity index (χ0) is 16.3. The average molecular weight is 305 g/mol. The first-order chi connectivity index (χ1) is 10.5. The molecule has 0 unspecified atom stereocenters. The van der Waals surface area contributed by atoms with Crippen molar-refractivity contribution in [2.24, 2.45) is 0 Å². The number of amides is 2. The lowest BCUT2D eigenvalue weighted by Crippen LogP contribution is -2.35. The van der Waals surface area contributed by atoms with E-state index >= 15 is 0 Å². The predicted molar refractivity (Wildman–Crippen MR) is 74.2 cm³/mol. The van der Waals surface area contributed by atoms with Crippen LogP contribution in [0.15, 0.2) is 18.2 Å². The molecule has 0 fully saturated rings. The molecule has 1 aromatic rings. The van der Waals surface area contributed by atoms with Crippen molar-refractivity contribution in [2.75, 3.05) is 20.3 Å². The Kier molecular flexibility index (Phi) is 4.67. The smallest absolute Gasteiger partial charge is 0.313 e. The quantitative estimate of drug-likeness (QED) is 0.449. The summed E-state index contributed by atoms with van der Waals surface area (Å²) >= 11 is 0. The number of Topliss-reactive ketones (excluding diaryl/α,β-unsaturated/α-hetero) is 1. The van der Waals surface area contributed by atoms with Crippen molar-refractivity contribution in [1.29, 1.82) is 0 Å². The zero-order valence-electron chi connectivity index (χ0n) is 12.0. The predicted octanol–water partition coefficient (Wildman–Crippen LogP) is -0.0504. The van der Waals surface area contributed by atoms with Crippen LogP contribution >= 0.6 is 0 Å². The number of aliphatic hydroxyl groups excluding tert-OH is 1. The van der Waals surface area contributed by atoms with Gasteiger partial charge in [0.15, 0.2) is 5.78 Å². The van der Waals surface area contributed by atoms with E-state index in [0.717, 1.165) is 12.0 Å². The number of hydrogen-bond acceptors (Lipinski definition) is 6. The molecule has 1 aromatic carbocycles. The van der Waals surface area contributed by atoms with Gasteiger partial charge in [0, 0.05) is 6.61 Å². The number of ketones is 1. The summed E-state index contributed by atoms with van der Waals surface area (Å²) < 4.78 is 4.38. The number of ether oxygens (including phenoxy) is 1. The minimum absolute atomic E-state index is 0.154. The molecule has 2 amide bonds. The van der Waals surface area contributed by atoms with Crippen LogP contribution in [-0.4, -0.2) is 53.8 Å². The highest BCUT2D eigenvalue weighted by Crippen LogP contribution is 2.26. The van der Waals surface area contributed by atoms with Gasteiger partial charge in [-0.2, -0.15) is 0 Å². The van der Waals surface area contributed by atoms with E-state index < -0.39 is 36.5 Å². The SMILES string of the molecule is COC(=O)CC(=O)CN1C(=O)c2cccc(CCO)c2C1=O. The number of esters is 1. The van der Waals surface area contributed by atoms with E-state index in [9.17, 15) is 19.2 Å². The second kappa shape index (κ2) is 6.48. The molecule has 22 heavy (non-hydrogen) atoms. The Balaban J connectivity index is 2.22. The third-order valence-electron chi connectivity index (χ3n) is 3.37. The first-order valence-electron chi connectivity index (χ1n) is 6.67. The lowest BCUT2D eigenvalue weighted by Gasteiger charge is -2.12. The van der Waals surface area contributed by atoms with Crippen molar-refractivity contribution < 1.29 is 29.0 Å². The number of carbonyl (C=O) groups excluding carboxylic acids is 4. The van der Waals surface area contributed by atoms with Crippen LogP contribution in [0.5, 0.6) is 0 Å². The first kappa shape index (κ1) is 15.8. The van der Waals surface area contributed by atoms with Gasteiger partial charge in [-0.05, 0) is 18.1 Å². The Labute approximate surface area is 126 Å². The highest BCUT2D eigenvalue weighted by molar-refractivity contribution is 6.23. The molecule has 116 valence electrons. The molecule has 7 heteroatoms. The van der Waals surface area contributed by atoms with Crippen molar-refractivity contribution in [3.63, 3.8) is 0 Å². The van der Waals surface area contributed by atoms with Gasteiger partial charge in [-0.15, -0.1) is 0 Å². The van der Waals surface area contributed by atoms with Crippen molar-refractivity contribution in [3.05, 3.63) is 34.9 Å². The van der Waals surface area contributed by atoms with E-state index in [4.69, 9.17) is 5.11 Å². The third-order valence-corrected chi connectivity index (χ3v) is 3.37. The number of rotatable bonds is 6. The maximum atomic E-state index is 12.3. The van der Waals surface area contributed by atoms with E-state index in [1.807, 2.05) is 0 Å². The normalized spacial score (nSPS) is 13.3. The Hall–Kier alpha value is -2.54. The van der Waals surface area contributed by atoms with Crippen LogP contribution in [0.3, 0.4) is 0 Å². The topological polar surface area (TPSA) is 101 Å². The number of benzene rings is 1.